The topological polar surface area (TPSA) is 46.3 Å². The van der Waals surface area contributed by atoms with Gasteiger partial charge in [0, 0.05) is 24.0 Å². The van der Waals surface area contributed by atoms with Gasteiger partial charge in [-0.3, -0.25) is 4.79 Å². The number of carbonyl (C=O) groups is 1. The Kier molecular flexibility index (Phi) is 3.98. The van der Waals surface area contributed by atoms with E-state index in [2.05, 4.69) is 0 Å². The van der Waals surface area contributed by atoms with Gasteiger partial charge in [-0.1, -0.05) is 18.2 Å². The van der Waals surface area contributed by atoms with E-state index >= 15 is 0 Å². The summed E-state index contributed by atoms with van der Waals surface area (Å²) in [5.74, 6) is -2.29. The van der Waals surface area contributed by atoms with Gasteiger partial charge in [0.1, 0.15) is 0 Å². The fourth-order valence-electron chi connectivity index (χ4n) is 1.84. The van der Waals surface area contributed by atoms with Gasteiger partial charge in [-0.15, -0.1) is 0 Å². The molecule has 0 saturated heterocycles. The highest BCUT2D eigenvalue weighted by molar-refractivity contribution is 5.94. The van der Waals surface area contributed by atoms with Crippen LogP contribution in [0.3, 0.4) is 0 Å². The zero-order valence-electron chi connectivity index (χ0n) is 10.9. The zero-order valence-corrected chi connectivity index (χ0v) is 10.9. The smallest absolute Gasteiger partial charge is 0.231 e. The number of rotatable bonds is 3. The van der Waals surface area contributed by atoms with Crippen LogP contribution in [0.1, 0.15) is 5.56 Å². The van der Waals surface area contributed by atoms with E-state index in [9.17, 15) is 13.6 Å². The standard InChI is InChI=1S/C15H14F2N2O/c1-19(12-6-3-5-11(18)9-12)14(20)8-10-4-2-7-13(16)15(10)17/h2-7,9H,8,18H2,1H3. The van der Waals surface area contributed by atoms with Crippen LogP contribution in [-0.2, 0) is 11.2 Å². The third-order valence-electron chi connectivity index (χ3n) is 3.00. The maximum absolute atomic E-state index is 13.5. The molecule has 0 fully saturated rings. The van der Waals surface area contributed by atoms with E-state index in [0.29, 0.717) is 11.4 Å². The predicted octanol–water partition coefficient (Wildman–Crippen LogP) is 2.75. The minimum atomic E-state index is -0.984. The number of hydrogen-bond acceptors (Lipinski definition) is 2. The van der Waals surface area contributed by atoms with Crippen molar-refractivity contribution in [2.45, 2.75) is 6.42 Å². The maximum atomic E-state index is 13.5. The van der Waals surface area contributed by atoms with Crippen molar-refractivity contribution in [1.82, 2.24) is 0 Å². The SMILES string of the molecule is CN(C(=O)Cc1cccc(F)c1F)c1cccc(N)c1. The van der Waals surface area contributed by atoms with Crippen molar-refractivity contribution in [3.05, 3.63) is 59.7 Å². The fraction of sp³-hybridized carbons (Fsp3) is 0.133. The molecule has 2 aromatic rings. The third kappa shape index (κ3) is 2.93. The van der Waals surface area contributed by atoms with Crippen LogP contribution in [0.2, 0.25) is 0 Å². The summed E-state index contributed by atoms with van der Waals surface area (Å²) in [5.41, 5.74) is 6.81. The summed E-state index contributed by atoms with van der Waals surface area (Å²) >= 11 is 0. The van der Waals surface area contributed by atoms with Crippen molar-refractivity contribution < 1.29 is 13.6 Å². The van der Waals surface area contributed by atoms with Crippen LogP contribution in [0.25, 0.3) is 0 Å². The molecule has 0 spiro atoms. The lowest BCUT2D eigenvalue weighted by Crippen LogP contribution is -2.28. The molecule has 0 aliphatic heterocycles. The van der Waals surface area contributed by atoms with Crippen LogP contribution < -0.4 is 10.6 Å². The summed E-state index contributed by atoms with van der Waals surface area (Å²) in [7, 11) is 1.56. The first-order chi connectivity index (χ1) is 9.49. The number of carbonyl (C=O) groups excluding carboxylic acids is 1. The van der Waals surface area contributed by atoms with Gasteiger partial charge in [0.25, 0.3) is 0 Å². The molecule has 0 bridgehead atoms. The first-order valence-corrected chi connectivity index (χ1v) is 6.04. The number of nitrogens with two attached hydrogens (primary N) is 1. The summed E-state index contributed by atoms with van der Waals surface area (Å²) in [6, 6.07) is 10.6. The van der Waals surface area contributed by atoms with E-state index in [-0.39, 0.29) is 17.9 Å². The molecule has 5 heteroatoms. The average molecular weight is 276 g/mol. The minimum absolute atomic E-state index is 0.0331. The van der Waals surface area contributed by atoms with Gasteiger partial charge in [-0.05, 0) is 24.3 Å². The second kappa shape index (κ2) is 5.69. The quantitative estimate of drug-likeness (QED) is 0.876. The maximum Gasteiger partial charge on any atom is 0.231 e. The van der Waals surface area contributed by atoms with Gasteiger partial charge >= 0.3 is 0 Å². The summed E-state index contributed by atoms with van der Waals surface area (Å²) in [6.45, 7) is 0. The van der Waals surface area contributed by atoms with E-state index in [4.69, 9.17) is 5.73 Å². The molecular weight excluding hydrogens is 262 g/mol. The Hall–Kier alpha value is -2.43. The Morgan fingerprint density at radius 2 is 1.90 bits per heavy atom. The molecule has 0 heterocycles. The van der Waals surface area contributed by atoms with Crippen molar-refractivity contribution in [3.63, 3.8) is 0 Å². The van der Waals surface area contributed by atoms with E-state index in [1.54, 1.807) is 31.3 Å². The molecule has 2 aromatic carbocycles. The number of benzene rings is 2. The van der Waals surface area contributed by atoms with Crippen molar-refractivity contribution in [3.8, 4) is 0 Å². The van der Waals surface area contributed by atoms with Crippen molar-refractivity contribution >= 4 is 17.3 Å². The van der Waals surface area contributed by atoms with Crippen LogP contribution >= 0.6 is 0 Å². The summed E-state index contributed by atoms with van der Waals surface area (Å²) in [5, 5.41) is 0. The lowest BCUT2D eigenvalue weighted by molar-refractivity contribution is -0.117. The van der Waals surface area contributed by atoms with E-state index in [1.807, 2.05) is 0 Å². The Morgan fingerprint density at radius 3 is 2.60 bits per heavy atom. The summed E-state index contributed by atoms with van der Waals surface area (Å²) in [4.78, 5) is 13.4. The number of anilines is 2. The molecule has 0 aliphatic carbocycles. The van der Waals surface area contributed by atoms with Gasteiger partial charge in [0.05, 0.1) is 6.42 Å². The normalized spacial score (nSPS) is 10.3. The van der Waals surface area contributed by atoms with Crippen molar-refractivity contribution in [2.24, 2.45) is 0 Å². The Morgan fingerprint density at radius 1 is 1.20 bits per heavy atom. The van der Waals surface area contributed by atoms with Crippen LogP contribution in [-0.4, -0.2) is 13.0 Å². The van der Waals surface area contributed by atoms with Crippen LogP contribution in [0, 0.1) is 11.6 Å². The molecule has 1 amide bonds. The minimum Gasteiger partial charge on any atom is -0.399 e. The Balaban J connectivity index is 2.18. The highest BCUT2D eigenvalue weighted by atomic mass is 19.2. The number of amides is 1. The first kappa shape index (κ1) is 14.0. The Bertz CT molecular complexity index is 644. The molecule has 0 saturated carbocycles. The summed E-state index contributed by atoms with van der Waals surface area (Å²) < 4.78 is 26.6. The first-order valence-electron chi connectivity index (χ1n) is 6.04. The lowest BCUT2D eigenvalue weighted by atomic mass is 10.1. The van der Waals surface area contributed by atoms with Crippen LogP contribution in [0.4, 0.5) is 20.2 Å². The molecule has 2 N–H and O–H groups in total. The molecule has 2 rings (SSSR count). The molecule has 0 aromatic heterocycles. The van der Waals surface area contributed by atoms with Crippen molar-refractivity contribution in [1.29, 1.82) is 0 Å². The monoisotopic (exact) mass is 276 g/mol. The highest BCUT2D eigenvalue weighted by Crippen LogP contribution is 2.18. The second-order valence-electron chi connectivity index (χ2n) is 4.44. The van der Waals surface area contributed by atoms with Crippen molar-refractivity contribution in [2.75, 3.05) is 17.7 Å². The molecule has 0 radical (unpaired) electrons. The third-order valence-corrected chi connectivity index (χ3v) is 3.00. The number of likely N-dealkylation sites (N-methyl/N-ethyl adjacent to an activating group) is 1. The number of halogens is 2. The van der Waals surface area contributed by atoms with Gasteiger partial charge in [0.15, 0.2) is 11.6 Å². The zero-order chi connectivity index (χ0) is 14.7. The lowest BCUT2D eigenvalue weighted by Gasteiger charge is -2.18. The van der Waals surface area contributed by atoms with Gasteiger partial charge in [-0.2, -0.15) is 0 Å². The molecule has 0 aliphatic rings. The number of nitrogen functional groups attached to an aromatic ring is 1. The largest absolute Gasteiger partial charge is 0.399 e. The van der Waals surface area contributed by atoms with Gasteiger partial charge in [-0.25, -0.2) is 8.78 Å². The van der Waals surface area contributed by atoms with Gasteiger partial charge in [0.2, 0.25) is 5.91 Å². The number of nitrogens with zero attached hydrogens (tertiary/aromatic N) is 1. The molecule has 0 unspecified atom stereocenters. The highest BCUT2D eigenvalue weighted by Gasteiger charge is 2.16. The van der Waals surface area contributed by atoms with Gasteiger partial charge < -0.3 is 10.6 Å². The van der Waals surface area contributed by atoms with E-state index in [1.165, 1.54) is 17.0 Å². The molecule has 3 nitrogen and oxygen atoms in total. The van der Waals surface area contributed by atoms with E-state index < -0.39 is 11.6 Å². The predicted molar refractivity (Wildman–Crippen MR) is 74.3 cm³/mol. The summed E-state index contributed by atoms with van der Waals surface area (Å²) in [6.07, 6.45) is -0.213. The van der Waals surface area contributed by atoms with Crippen LogP contribution in [0.15, 0.2) is 42.5 Å². The molecule has 104 valence electrons. The fourth-order valence-corrected chi connectivity index (χ4v) is 1.84. The van der Waals surface area contributed by atoms with Crippen LogP contribution in [0.5, 0.6) is 0 Å². The molecular formula is C15H14F2N2O. The average Bonchev–Trinajstić information content (AvgIpc) is 2.43. The number of hydrogen-bond donors (Lipinski definition) is 1. The molecule has 20 heavy (non-hydrogen) atoms. The van der Waals surface area contributed by atoms with E-state index in [0.717, 1.165) is 6.07 Å². The second-order valence-corrected chi connectivity index (χ2v) is 4.44. The molecule has 0 atom stereocenters. The Labute approximate surface area is 115 Å².